The molecule has 0 atom stereocenters. The molecule has 1 amide bonds. The second-order valence-corrected chi connectivity index (χ2v) is 6.34. The van der Waals surface area contributed by atoms with E-state index in [-0.39, 0.29) is 25.3 Å². The summed E-state index contributed by atoms with van der Waals surface area (Å²) in [5.74, 6) is -1.14. The highest BCUT2D eigenvalue weighted by atomic mass is 19.4. The summed E-state index contributed by atoms with van der Waals surface area (Å²) in [6.45, 7) is 3.71. The molecule has 7 heteroatoms. The first-order chi connectivity index (χ1) is 11.0. The molecule has 0 unspecified atom stereocenters. The number of hydrogen-bond donors (Lipinski definition) is 2. The van der Waals surface area contributed by atoms with Crippen LogP contribution in [-0.2, 0) is 21.2 Å². The van der Waals surface area contributed by atoms with Crippen molar-refractivity contribution in [2.24, 2.45) is 0 Å². The van der Waals surface area contributed by atoms with E-state index in [2.05, 4.69) is 5.32 Å². The van der Waals surface area contributed by atoms with Crippen LogP contribution in [0.3, 0.4) is 0 Å². The van der Waals surface area contributed by atoms with E-state index in [0.29, 0.717) is 18.4 Å². The zero-order valence-corrected chi connectivity index (χ0v) is 13.7. The Hall–Kier alpha value is -2.05. The lowest BCUT2D eigenvalue weighted by atomic mass is 9.83. The maximum Gasteiger partial charge on any atom is 0.416 e. The lowest BCUT2D eigenvalue weighted by Crippen LogP contribution is -2.36. The molecule has 0 aliphatic rings. The second-order valence-electron chi connectivity index (χ2n) is 6.34. The van der Waals surface area contributed by atoms with Crippen molar-refractivity contribution in [2.75, 3.05) is 6.54 Å². The molecule has 0 bridgehead atoms. The number of benzene rings is 1. The third-order valence-corrected chi connectivity index (χ3v) is 3.74. The van der Waals surface area contributed by atoms with Gasteiger partial charge in [0, 0.05) is 24.8 Å². The molecule has 0 spiro atoms. The fraction of sp³-hybridized carbons (Fsp3) is 0.529. The molecule has 2 N–H and O–H groups in total. The maximum atomic E-state index is 12.8. The summed E-state index contributed by atoms with van der Waals surface area (Å²) in [5.41, 5.74) is -0.880. The van der Waals surface area contributed by atoms with Gasteiger partial charge >= 0.3 is 12.1 Å². The number of halogens is 3. The summed E-state index contributed by atoms with van der Waals surface area (Å²) in [6.07, 6.45) is -3.31. The Balaban J connectivity index is 2.57. The minimum atomic E-state index is -4.40. The van der Waals surface area contributed by atoms with Crippen molar-refractivity contribution < 1.29 is 27.9 Å². The van der Waals surface area contributed by atoms with Crippen molar-refractivity contribution in [3.63, 3.8) is 0 Å². The van der Waals surface area contributed by atoms with Gasteiger partial charge in [-0.2, -0.15) is 13.2 Å². The lowest BCUT2D eigenvalue weighted by Gasteiger charge is -2.26. The van der Waals surface area contributed by atoms with Crippen LogP contribution in [0.5, 0.6) is 0 Å². The number of amides is 1. The van der Waals surface area contributed by atoms with Gasteiger partial charge in [-0.25, -0.2) is 0 Å². The van der Waals surface area contributed by atoms with Gasteiger partial charge in [-0.3, -0.25) is 9.59 Å². The van der Waals surface area contributed by atoms with Gasteiger partial charge in [-0.15, -0.1) is 0 Å². The summed E-state index contributed by atoms with van der Waals surface area (Å²) in [5, 5.41) is 11.2. The van der Waals surface area contributed by atoms with Crippen LogP contribution in [-0.4, -0.2) is 23.5 Å². The molecule has 0 aliphatic carbocycles. The molecule has 0 heterocycles. The average Bonchev–Trinajstić information content (AvgIpc) is 2.49. The second kappa shape index (κ2) is 8.17. The Morgan fingerprint density at radius 2 is 1.67 bits per heavy atom. The Morgan fingerprint density at radius 1 is 1.08 bits per heavy atom. The van der Waals surface area contributed by atoms with Crippen molar-refractivity contribution in [1.82, 2.24) is 5.32 Å². The largest absolute Gasteiger partial charge is 0.481 e. The number of carbonyl (C=O) groups excluding carboxylic acids is 1. The number of hydrogen-bond acceptors (Lipinski definition) is 2. The van der Waals surface area contributed by atoms with Gasteiger partial charge in [-0.05, 0) is 24.5 Å². The fourth-order valence-electron chi connectivity index (χ4n) is 2.19. The number of nitrogens with one attached hydrogen (secondary N) is 1. The van der Waals surface area contributed by atoms with Crippen LogP contribution in [0.4, 0.5) is 13.2 Å². The van der Waals surface area contributed by atoms with E-state index >= 15 is 0 Å². The predicted octanol–water partition coefficient (Wildman–Crippen LogP) is 3.74. The normalized spacial score (nSPS) is 12.0. The Morgan fingerprint density at radius 3 is 2.25 bits per heavy atom. The molecule has 0 saturated carbocycles. The SMILES string of the molecule is CC(C)(CNC(=O)CCCCC(=O)O)c1cccc(C(F)(F)F)c1. The maximum absolute atomic E-state index is 12.8. The number of rotatable bonds is 8. The van der Waals surface area contributed by atoms with Gasteiger partial charge in [0.1, 0.15) is 0 Å². The number of unbranched alkanes of at least 4 members (excludes halogenated alkanes) is 1. The van der Waals surface area contributed by atoms with Crippen molar-refractivity contribution in [2.45, 2.75) is 51.1 Å². The zero-order valence-electron chi connectivity index (χ0n) is 13.7. The summed E-state index contributed by atoms with van der Waals surface area (Å²) >= 11 is 0. The van der Waals surface area contributed by atoms with E-state index in [1.165, 1.54) is 6.07 Å². The number of aliphatic carboxylic acids is 1. The van der Waals surface area contributed by atoms with Crippen molar-refractivity contribution in [1.29, 1.82) is 0 Å². The quantitative estimate of drug-likeness (QED) is 0.705. The number of alkyl halides is 3. The Labute approximate surface area is 139 Å². The van der Waals surface area contributed by atoms with Gasteiger partial charge < -0.3 is 10.4 Å². The summed E-state index contributed by atoms with van der Waals surface area (Å²) in [6, 6.07) is 5.07. The third-order valence-electron chi connectivity index (χ3n) is 3.74. The standard InChI is InChI=1S/C17H22F3NO3/c1-16(2,11-21-14(22)8-3-4-9-15(23)24)12-6-5-7-13(10-12)17(18,19)20/h5-7,10H,3-4,8-9,11H2,1-2H3,(H,21,22)(H,23,24). The first-order valence-corrected chi connectivity index (χ1v) is 7.68. The Bertz CT molecular complexity index is 583. The van der Waals surface area contributed by atoms with E-state index in [1.807, 2.05) is 0 Å². The van der Waals surface area contributed by atoms with Gasteiger partial charge in [0.05, 0.1) is 5.56 Å². The first-order valence-electron chi connectivity index (χ1n) is 7.68. The lowest BCUT2D eigenvalue weighted by molar-refractivity contribution is -0.138. The third kappa shape index (κ3) is 6.60. The average molecular weight is 345 g/mol. The molecule has 0 aromatic heterocycles. The van der Waals surface area contributed by atoms with E-state index in [9.17, 15) is 22.8 Å². The molecule has 0 saturated heterocycles. The van der Waals surface area contributed by atoms with Crippen LogP contribution in [0, 0.1) is 0 Å². The molecule has 4 nitrogen and oxygen atoms in total. The minimum Gasteiger partial charge on any atom is -0.481 e. The highest BCUT2D eigenvalue weighted by molar-refractivity contribution is 5.76. The monoisotopic (exact) mass is 345 g/mol. The van der Waals surface area contributed by atoms with Crippen LogP contribution in [0.15, 0.2) is 24.3 Å². The number of carboxylic acid groups (broad SMARTS) is 1. The predicted molar refractivity (Wildman–Crippen MR) is 83.6 cm³/mol. The fourth-order valence-corrected chi connectivity index (χ4v) is 2.19. The van der Waals surface area contributed by atoms with Crippen molar-refractivity contribution in [3.05, 3.63) is 35.4 Å². The molecule has 0 fully saturated rings. The summed E-state index contributed by atoms with van der Waals surface area (Å²) < 4.78 is 38.4. The molecule has 134 valence electrons. The van der Waals surface area contributed by atoms with Gasteiger partial charge in [0.25, 0.3) is 0 Å². The van der Waals surface area contributed by atoms with Gasteiger partial charge in [0.15, 0.2) is 0 Å². The summed E-state index contributed by atoms with van der Waals surface area (Å²) in [7, 11) is 0. The molecule has 1 aromatic carbocycles. The van der Waals surface area contributed by atoms with E-state index in [0.717, 1.165) is 12.1 Å². The molecule has 0 aliphatic heterocycles. The molecule has 0 radical (unpaired) electrons. The highest BCUT2D eigenvalue weighted by Crippen LogP contribution is 2.32. The molecular formula is C17H22F3NO3. The number of carbonyl (C=O) groups is 2. The van der Waals surface area contributed by atoms with Crippen LogP contribution in [0.1, 0.15) is 50.7 Å². The van der Waals surface area contributed by atoms with E-state index in [1.54, 1.807) is 19.9 Å². The van der Waals surface area contributed by atoms with E-state index in [4.69, 9.17) is 5.11 Å². The summed E-state index contributed by atoms with van der Waals surface area (Å²) in [4.78, 5) is 22.1. The topological polar surface area (TPSA) is 66.4 Å². The van der Waals surface area contributed by atoms with Crippen molar-refractivity contribution >= 4 is 11.9 Å². The van der Waals surface area contributed by atoms with E-state index < -0.39 is 23.1 Å². The van der Waals surface area contributed by atoms with Gasteiger partial charge in [0.2, 0.25) is 5.91 Å². The van der Waals surface area contributed by atoms with Crippen LogP contribution in [0.25, 0.3) is 0 Å². The first kappa shape index (κ1) is 20.0. The molecule has 1 rings (SSSR count). The number of carboxylic acids is 1. The molecular weight excluding hydrogens is 323 g/mol. The smallest absolute Gasteiger partial charge is 0.416 e. The van der Waals surface area contributed by atoms with Gasteiger partial charge in [-0.1, -0.05) is 32.0 Å². The molecule has 1 aromatic rings. The van der Waals surface area contributed by atoms with Crippen LogP contribution < -0.4 is 5.32 Å². The van der Waals surface area contributed by atoms with Crippen LogP contribution >= 0.6 is 0 Å². The van der Waals surface area contributed by atoms with Crippen molar-refractivity contribution in [3.8, 4) is 0 Å². The highest BCUT2D eigenvalue weighted by Gasteiger charge is 2.32. The Kier molecular flexibility index (Phi) is 6.81. The molecule has 24 heavy (non-hydrogen) atoms. The van der Waals surface area contributed by atoms with Crippen LogP contribution in [0.2, 0.25) is 0 Å². The minimum absolute atomic E-state index is 0.0169. The zero-order chi connectivity index (χ0) is 18.4.